The van der Waals surface area contributed by atoms with Gasteiger partial charge in [0.1, 0.15) is 29.2 Å². The van der Waals surface area contributed by atoms with E-state index in [-0.39, 0.29) is 25.1 Å². The highest BCUT2D eigenvalue weighted by atomic mass is 16.6. The number of nitrogens with zero attached hydrogens (tertiary/aromatic N) is 1. The van der Waals surface area contributed by atoms with E-state index in [9.17, 15) is 29.4 Å². The molecule has 0 bridgehead atoms. The number of primary amides is 1. The molecule has 2 unspecified atom stereocenters. The molecule has 6 N–H and O–H groups in total. The number of phenols is 1. The molecule has 2 aromatic rings. The number of hydrogen-bond acceptors (Lipinski definition) is 8. The molecule has 0 aromatic heterocycles. The summed E-state index contributed by atoms with van der Waals surface area (Å²) in [6, 6.07) is 9.57. The smallest absolute Gasteiger partial charge is 0.408 e. The lowest BCUT2D eigenvalue weighted by atomic mass is 10.0. The zero-order valence-electron chi connectivity index (χ0n) is 22.5. The molecule has 0 spiro atoms. The standard InChI is InChI=1S/C27H36N4O8/c1-27(2,3)39-26(37)30-21(13-14-22(28)34)25(36)31(15-16-32)23(17-5-9-19(33)10-6-17)24(35)29-18-7-11-20(38-4)12-8-18/h5-12,21,23,32-33H,13-16H2,1-4H3,(H2,28,34)(H,29,35)(H,30,37). The number of benzene rings is 2. The molecule has 2 rings (SSSR count). The van der Waals surface area contributed by atoms with Gasteiger partial charge in [-0.2, -0.15) is 0 Å². The van der Waals surface area contributed by atoms with Crippen LogP contribution in [0, 0.1) is 0 Å². The van der Waals surface area contributed by atoms with Crippen LogP contribution in [-0.2, 0) is 19.1 Å². The molecule has 0 saturated heterocycles. The van der Waals surface area contributed by atoms with Crippen molar-refractivity contribution in [1.29, 1.82) is 0 Å². The zero-order valence-corrected chi connectivity index (χ0v) is 22.5. The summed E-state index contributed by atoms with van der Waals surface area (Å²) >= 11 is 0. The number of rotatable bonds is 12. The Morgan fingerprint density at radius 3 is 2.15 bits per heavy atom. The maximum Gasteiger partial charge on any atom is 0.408 e. The number of carbonyl (C=O) groups excluding carboxylic acids is 4. The van der Waals surface area contributed by atoms with Gasteiger partial charge in [-0.25, -0.2) is 4.79 Å². The first-order valence-electron chi connectivity index (χ1n) is 12.3. The largest absolute Gasteiger partial charge is 0.508 e. The first-order valence-corrected chi connectivity index (χ1v) is 12.3. The van der Waals surface area contributed by atoms with Crippen molar-refractivity contribution in [3.05, 3.63) is 54.1 Å². The number of hydrogen-bond donors (Lipinski definition) is 5. The molecular formula is C27H36N4O8. The average Bonchev–Trinajstić information content (AvgIpc) is 2.86. The predicted molar refractivity (Wildman–Crippen MR) is 143 cm³/mol. The summed E-state index contributed by atoms with van der Waals surface area (Å²) in [6.07, 6.45) is -1.31. The van der Waals surface area contributed by atoms with E-state index in [1.807, 2.05) is 0 Å². The van der Waals surface area contributed by atoms with Gasteiger partial charge in [0.15, 0.2) is 0 Å². The molecule has 39 heavy (non-hydrogen) atoms. The molecule has 2 aromatic carbocycles. The minimum Gasteiger partial charge on any atom is -0.508 e. The minimum absolute atomic E-state index is 0.0565. The number of nitrogens with two attached hydrogens (primary N) is 1. The number of carbonyl (C=O) groups is 4. The van der Waals surface area contributed by atoms with Crippen LogP contribution in [0.4, 0.5) is 10.5 Å². The lowest BCUT2D eigenvalue weighted by molar-refractivity contribution is -0.141. The molecule has 0 aliphatic carbocycles. The number of alkyl carbamates (subject to hydrolysis) is 1. The third kappa shape index (κ3) is 9.82. The molecule has 12 nitrogen and oxygen atoms in total. The quantitative estimate of drug-likeness (QED) is 0.269. The highest BCUT2D eigenvalue weighted by molar-refractivity contribution is 5.99. The number of nitrogens with one attached hydrogen (secondary N) is 2. The Morgan fingerprint density at radius 1 is 1.03 bits per heavy atom. The maximum absolute atomic E-state index is 13.8. The maximum atomic E-state index is 13.8. The summed E-state index contributed by atoms with van der Waals surface area (Å²) < 4.78 is 10.4. The lowest BCUT2D eigenvalue weighted by Crippen LogP contribution is -2.53. The number of aliphatic hydroxyl groups excluding tert-OH is 1. The second-order valence-corrected chi connectivity index (χ2v) is 9.67. The van der Waals surface area contributed by atoms with Crippen molar-refractivity contribution in [2.45, 2.75) is 51.3 Å². The van der Waals surface area contributed by atoms with Crippen molar-refractivity contribution in [1.82, 2.24) is 10.2 Å². The number of aromatic hydroxyl groups is 1. The van der Waals surface area contributed by atoms with Crippen LogP contribution in [-0.4, -0.2) is 70.8 Å². The first kappa shape index (κ1) is 30.9. The third-order valence-electron chi connectivity index (χ3n) is 5.42. The number of methoxy groups -OCH3 is 1. The van der Waals surface area contributed by atoms with Gasteiger partial charge < -0.3 is 41.0 Å². The fourth-order valence-electron chi connectivity index (χ4n) is 3.68. The van der Waals surface area contributed by atoms with E-state index in [1.54, 1.807) is 45.0 Å². The fourth-order valence-corrected chi connectivity index (χ4v) is 3.68. The van der Waals surface area contributed by atoms with Gasteiger partial charge in [0, 0.05) is 18.7 Å². The SMILES string of the molecule is COc1ccc(NC(=O)C(c2ccc(O)cc2)N(CCO)C(=O)C(CCC(N)=O)NC(=O)OC(C)(C)C)cc1. The van der Waals surface area contributed by atoms with Gasteiger partial charge in [0.05, 0.1) is 13.7 Å². The van der Waals surface area contributed by atoms with Gasteiger partial charge in [-0.1, -0.05) is 12.1 Å². The molecular weight excluding hydrogens is 508 g/mol. The summed E-state index contributed by atoms with van der Waals surface area (Å²) in [7, 11) is 1.51. The van der Waals surface area contributed by atoms with Crippen molar-refractivity contribution in [3.63, 3.8) is 0 Å². The van der Waals surface area contributed by atoms with Crippen LogP contribution < -0.4 is 21.1 Å². The Labute approximate surface area is 227 Å². The molecule has 0 fully saturated rings. The van der Waals surface area contributed by atoms with Crippen LogP contribution in [0.25, 0.3) is 0 Å². The highest BCUT2D eigenvalue weighted by Gasteiger charge is 2.36. The van der Waals surface area contributed by atoms with Crippen molar-refractivity contribution < 1.29 is 38.9 Å². The molecule has 0 aliphatic heterocycles. The first-order chi connectivity index (χ1) is 18.3. The van der Waals surface area contributed by atoms with E-state index in [0.717, 1.165) is 4.90 Å². The predicted octanol–water partition coefficient (Wildman–Crippen LogP) is 2.06. The van der Waals surface area contributed by atoms with E-state index in [4.69, 9.17) is 15.2 Å². The van der Waals surface area contributed by atoms with Gasteiger partial charge in [-0.3, -0.25) is 14.4 Å². The number of aliphatic hydroxyl groups is 1. The van der Waals surface area contributed by atoms with E-state index in [0.29, 0.717) is 17.0 Å². The van der Waals surface area contributed by atoms with E-state index >= 15 is 0 Å². The Hall–Kier alpha value is -4.32. The molecule has 0 saturated carbocycles. The highest BCUT2D eigenvalue weighted by Crippen LogP contribution is 2.27. The fraction of sp³-hybridized carbons (Fsp3) is 0.407. The van der Waals surface area contributed by atoms with Gasteiger partial charge in [0.25, 0.3) is 5.91 Å². The van der Waals surface area contributed by atoms with E-state index in [1.165, 1.54) is 31.4 Å². The topological polar surface area (TPSA) is 181 Å². The molecule has 212 valence electrons. The van der Waals surface area contributed by atoms with Crippen molar-refractivity contribution in [3.8, 4) is 11.5 Å². The van der Waals surface area contributed by atoms with Gasteiger partial charge >= 0.3 is 6.09 Å². The third-order valence-corrected chi connectivity index (χ3v) is 5.42. The summed E-state index contributed by atoms with van der Waals surface area (Å²) in [6.45, 7) is 4.15. The minimum atomic E-state index is -1.30. The Balaban J connectivity index is 2.47. The number of ether oxygens (including phenoxy) is 2. The monoisotopic (exact) mass is 544 g/mol. The van der Waals surface area contributed by atoms with Gasteiger partial charge in [-0.05, 0) is 69.2 Å². The normalized spacial score (nSPS) is 12.5. The average molecular weight is 545 g/mol. The molecule has 2 atom stereocenters. The van der Waals surface area contributed by atoms with Gasteiger partial charge in [0.2, 0.25) is 11.8 Å². The Morgan fingerprint density at radius 2 is 1.64 bits per heavy atom. The summed E-state index contributed by atoms with van der Waals surface area (Å²) in [5, 5.41) is 24.8. The molecule has 0 aliphatic rings. The molecule has 4 amide bonds. The van der Waals surface area contributed by atoms with E-state index < -0.39 is 48.1 Å². The Bertz CT molecular complexity index is 1130. The summed E-state index contributed by atoms with van der Waals surface area (Å²) in [5.74, 6) is -1.55. The van der Waals surface area contributed by atoms with Crippen molar-refractivity contribution in [2.75, 3.05) is 25.6 Å². The summed E-state index contributed by atoms with van der Waals surface area (Å²) in [5.41, 5.74) is 5.16. The van der Waals surface area contributed by atoms with Crippen LogP contribution >= 0.6 is 0 Å². The van der Waals surface area contributed by atoms with Crippen LogP contribution in [0.15, 0.2) is 48.5 Å². The number of phenolic OH excluding ortho intramolecular Hbond substituents is 1. The van der Waals surface area contributed by atoms with Crippen LogP contribution in [0.5, 0.6) is 11.5 Å². The lowest BCUT2D eigenvalue weighted by Gasteiger charge is -2.34. The van der Waals surface area contributed by atoms with Crippen LogP contribution in [0.1, 0.15) is 45.2 Å². The molecule has 0 radical (unpaired) electrons. The molecule has 0 heterocycles. The number of amides is 4. The Kier molecular flexibility index (Phi) is 11.1. The van der Waals surface area contributed by atoms with E-state index in [2.05, 4.69) is 10.6 Å². The van der Waals surface area contributed by atoms with Crippen LogP contribution in [0.2, 0.25) is 0 Å². The summed E-state index contributed by atoms with van der Waals surface area (Å²) in [4.78, 5) is 52.5. The zero-order chi connectivity index (χ0) is 29.2. The number of anilines is 1. The molecule has 12 heteroatoms. The van der Waals surface area contributed by atoms with Crippen LogP contribution in [0.3, 0.4) is 0 Å². The van der Waals surface area contributed by atoms with Crippen molar-refractivity contribution in [2.24, 2.45) is 5.73 Å². The second-order valence-electron chi connectivity index (χ2n) is 9.67. The second kappa shape index (κ2) is 14.0. The van der Waals surface area contributed by atoms with Crippen molar-refractivity contribution >= 4 is 29.5 Å². The van der Waals surface area contributed by atoms with Gasteiger partial charge in [-0.15, -0.1) is 0 Å².